The zero-order chi connectivity index (χ0) is 22.9. The number of carbonyl (C=O) groups is 1. The van der Waals surface area contributed by atoms with E-state index in [0.717, 1.165) is 33.3 Å². The van der Waals surface area contributed by atoms with E-state index >= 15 is 0 Å². The fraction of sp³-hybridized carbons (Fsp3) is 0.0370. The minimum atomic E-state index is -0.368. The SMILES string of the molecule is Cc1ccccc1-n1nc(C(=O)Nc2cccc(Cl)c2Cl)cc1-c1cccc2ccccc12. The summed E-state index contributed by atoms with van der Waals surface area (Å²) in [5.74, 6) is -0.368. The molecule has 0 aliphatic carbocycles. The predicted octanol–water partition coefficient (Wildman–Crippen LogP) is 7.56. The highest BCUT2D eigenvalue weighted by atomic mass is 35.5. The summed E-state index contributed by atoms with van der Waals surface area (Å²) in [6.45, 7) is 2.02. The van der Waals surface area contributed by atoms with E-state index in [1.54, 1.807) is 18.2 Å². The van der Waals surface area contributed by atoms with Crippen LogP contribution in [0.25, 0.3) is 27.7 Å². The van der Waals surface area contributed by atoms with Gasteiger partial charge in [0.25, 0.3) is 5.91 Å². The maximum Gasteiger partial charge on any atom is 0.276 e. The maximum atomic E-state index is 13.2. The number of benzene rings is 4. The molecule has 0 radical (unpaired) electrons. The monoisotopic (exact) mass is 471 g/mol. The van der Waals surface area contributed by atoms with Crippen LogP contribution in [0.4, 0.5) is 5.69 Å². The molecule has 0 spiro atoms. The van der Waals surface area contributed by atoms with Crippen LogP contribution < -0.4 is 5.32 Å². The van der Waals surface area contributed by atoms with Gasteiger partial charge in [-0.2, -0.15) is 5.10 Å². The molecule has 0 bridgehead atoms. The second-order valence-corrected chi connectivity index (χ2v) is 8.48. The number of anilines is 1. The van der Waals surface area contributed by atoms with E-state index in [-0.39, 0.29) is 11.6 Å². The molecule has 0 aliphatic rings. The van der Waals surface area contributed by atoms with E-state index in [9.17, 15) is 4.79 Å². The van der Waals surface area contributed by atoms with Gasteiger partial charge in [0.2, 0.25) is 0 Å². The smallest absolute Gasteiger partial charge is 0.276 e. The standard InChI is InChI=1S/C27H19Cl2N3O/c1-17-8-2-5-15-24(17)32-25(20-12-6-10-18-9-3-4-11-19(18)20)16-23(31-32)27(33)30-22-14-7-13-21(28)26(22)29/h2-16H,1H3,(H,30,33). The summed E-state index contributed by atoms with van der Waals surface area (Å²) < 4.78 is 1.82. The molecule has 5 rings (SSSR count). The summed E-state index contributed by atoms with van der Waals surface area (Å²) in [4.78, 5) is 13.2. The Bertz CT molecular complexity index is 1500. The lowest BCUT2D eigenvalue weighted by Crippen LogP contribution is -2.13. The second-order valence-electron chi connectivity index (χ2n) is 7.70. The van der Waals surface area contributed by atoms with E-state index in [4.69, 9.17) is 28.3 Å². The van der Waals surface area contributed by atoms with Crippen molar-refractivity contribution < 1.29 is 4.79 Å². The average molecular weight is 472 g/mol. The number of carbonyl (C=O) groups excluding carboxylic acids is 1. The first-order valence-corrected chi connectivity index (χ1v) is 11.2. The van der Waals surface area contributed by atoms with Gasteiger partial charge in [-0.15, -0.1) is 0 Å². The molecule has 0 saturated heterocycles. The third-order valence-electron chi connectivity index (χ3n) is 5.55. The summed E-state index contributed by atoms with van der Waals surface area (Å²) in [5.41, 5.74) is 4.47. The van der Waals surface area contributed by atoms with Crippen molar-refractivity contribution in [3.63, 3.8) is 0 Å². The number of para-hydroxylation sites is 1. The van der Waals surface area contributed by atoms with Gasteiger partial charge in [-0.25, -0.2) is 4.68 Å². The topological polar surface area (TPSA) is 46.9 Å². The molecular formula is C27H19Cl2N3O. The Labute approximate surface area is 201 Å². The second kappa shape index (κ2) is 8.74. The molecule has 0 aliphatic heterocycles. The number of amides is 1. The average Bonchev–Trinajstić information content (AvgIpc) is 3.27. The fourth-order valence-corrected chi connectivity index (χ4v) is 4.25. The highest BCUT2D eigenvalue weighted by Crippen LogP contribution is 2.33. The van der Waals surface area contributed by atoms with Crippen LogP contribution >= 0.6 is 23.2 Å². The van der Waals surface area contributed by atoms with E-state index < -0.39 is 0 Å². The first-order chi connectivity index (χ1) is 16.0. The van der Waals surface area contributed by atoms with Crippen molar-refractivity contribution in [2.75, 3.05) is 5.32 Å². The van der Waals surface area contributed by atoms with Crippen LogP contribution in [0.1, 0.15) is 16.1 Å². The number of fused-ring (bicyclic) bond motifs is 1. The van der Waals surface area contributed by atoms with Gasteiger partial charge in [-0.3, -0.25) is 4.79 Å². The summed E-state index contributed by atoms with van der Waals surface area (Å²) in [6, 6.07) is 29.2. The van der Waals surface area contributed by atoms with Crippen molar-refractivity contribution in [2.45, 2.75) is 6.92 Å². The van der Waals surface area contributed by atoms with Crippen molar-refractivity contribution in [2.24, 2.45) is 0 Å². The molecule has 6 heteroatoms. The third-order valence-corrected chi connectivity index (χ3v) is 6.37. The van der Waals surface area contributed by atoms with Gasteiger partial charge in [-0.1, -0.05) is 89.9 Å². The molecule has 162 valence electrons. The number of halogens is 2. The fourth-order valence-electron chi connectivity index (χ4n) is 3.90. The molecule has 0 atom stereocenters. The van der Waals surface area contributed by atoms with Crippen LogP contribution in [-0.2, 0) is 0 Å². The van der Waals surface area contributed by atoms with Gasteiger partial charge in [0, 0.05) is 5.56 Å². The zero-order valence-corrected chi connectivity index (χ0v) is 19.2. The summed E-state index contributed by atoms with van der Waals surface area (Å²) in [6.07, 6.45) is 0. The van der Waals surface area contributed by atoms with Gasteiger partial charge in [0.1, 0.15) is 0 Å². The Morgan fingerprint density at radius 2 is 1.61 bits per heavy atom. The highest BCUT2D eigenvalue weighted by molar-refractivity contribution is 6.44. The minimum absolute atomic E-state index is 0.275. The van der Waals surface area contributed by atoms with E-state index in [1.165, 1.54) is 0 Å². The van der Waals surface area contributed by atoms with Gasteiger partial charge < -0.3 is 5.32 Å². The molecule has 1 amide bonds. The third kappa shape index (κ3) is 3.99. The number of nitrogens with one attached hydrogen (secondary N) is 1. The van der Waals surface area contributed by atoms with Gasteiger partial charge in [0.05, 0.1) is 27.1 Å². The number of nitrogens with zero attached hydrogens (tertiary/aromatic N) is 2. The van der Waals surface area contributed by atoms with Crippen LogP contribution in [0.15, 0.2) is 91.0 Å². The lowest BCUT2D eigenvalue weighted by atomic mass is 10.0. The molecule has 33 heavy (non-hydrogen) atoms. The van der Waals surface area contributed by atoms with E-state index in [1.807, 2.05) is 66.2 Å². The largest absolute Gasteiger partial charge is 0.319 e. The Kier molecular flexibility index (Phi) is 5.63. The van der Waals surface area contributed by atoms with E-state index in [0.29, 0.717) is 15.7 Å². The quantitative estimate of drug-likeness (QED) is 0.293. The molecule has 4 nitrogen and oxygen atoms in total. The zero-order valence-electron chi connectivity index (χ0n) is 17.7. The summed E-state index contributed by atoms with van der Waals surface area (Å²) in [5, 5.41) is 10.4. The van der Waals surface area contributed by atoms with Gasteiger partial charge >= 0.3 is 0 Å². The number of rotatable bonds is 4. The lowest BCUT2D eigenvalue weighted by Gasteiger charge is -2.12. The first-order valence-electron chi connectivity index (χ1n) is 10.4. The predicted molar refractivity (Wildman–Crippen MR) is 136 cm³/mol. The molecule has 5 aromatic rings. The normalized spacial score (nSPS) is 11.0. The van der Waals surface area contributed by atoms with Crippen LogP contribution in [-0.4, -0.2) is 15.7 Å². The Morgan fingerprint density at radius 3 is 2.45 bits per heavy atom. The number of aromatic nitrogens is 2. The highest BCUT2D eigenvalue weighted by Gasteiger charge is 2.20. The van der Waals surface area contributed by atoms with Crippen LogP contribution in [0.5, 0.6) is 0 Å². The maximum absolute atomic E-state index is 13.2. The van der Waals surface area contributed by atoms with Crippen LogP contribution in [0, 0.1) is 6.92 Å². The molecule has 1 aromatic heterocycles. The van der Waals surface area contributed by atoms with Gasteiger partial charge in [0.15, 0.2) is 5.69 Å². The molecule has 1 N–H and O–H groups in total. The molecule has 1 heterocycles. The van der Waals surface area contributed by atoms with Crippen molar-refractivity contribution in [3.8, 4) is 16.9 Å². The Morgan fingerprint density at radius 1 is 0.879 bits per heavy atom. The van der Waals surface area contributed by atoms with Crippen LogP contribution in [0.3, 0.4) is 0 Å². The van der Waals surface area contributed by atoms with Crippen LogP contribution in [0.2, 0.25) is 10.0 Å². The van der Waals surface area contributed by atoms with Crippen molar-refractivity contribution in [3.05, 3.63) is 112 Å². The van der Waals surface area contributed by atoms with Gasteiger partial charge in [-0.05, 0) is 47.5 Å². The van der Waals surface area contributed by atoms with Crippen molar-refractivity contribution in [1.82, 2.24) is 9.78 Å². The number of hydrogen-bond acceptors (Lipinski definition) is 2. The van der Waals surface area contributed by atoms with Crippen molar-refractivity contribution in [1.29, 1.82) is 0 Å². The molecule has 0 unspecified atom stereocenters. The lowest BCUT2D eigenvalue weighted by molar-refractivity contribution is 0.102. The molecule has 4 aromatic carbocycles. The molecule has 0 fully saturated rings. The molecular weight excluding hydrogens is 453 g/mol. The van der Waals surface area contributed by atoms with E-state index in [2.05, 4.69) is 23.5 Å². The number of hydrogen-bond donors (Lipinski definition) is 1. The number of aryl methyl sites for hydroxylation is 1. The Hall–Kier alpha value is -3.60. The first kappa shape index (κ1) is 21.3. The molecule has 0 saturated carbocycles. The van der Waals surface area contributed by atoms with Crippen molar-refractivity contribution >= 4 is 45.6 Å². The Balaban J connectivity index is 1.66. The summed E-state index contributed by atoms with van der Waals surface area (Å²) in [7, 11) is 0. The minimum Gasteiger partial charge on any atom is -0.319 e. The summed E-state index contributed by atoms with van der Waals surface area (Å²) >= 11 is 12.4.